The van der Waals surface area contributed by atoms with Crippen LogP contribution >= 0.6 is 35.0 Å². The van der Waals surface area contributed by atoms with Crippen LogP contribution in [-0.2, 0) is 4.79 Å². The number of nitrogens with zero attached hydrogens (tertiary/aromatic N) is 2. The fraction of sp³-hybridized carbons (Fsp3) is 0.357. The summed E-state index contributed by atoms with van der Waals surface area (Å²) in [5.74, 6) is 0.870. The molecule has 0 radical (unpaired) electrons. The van der Waals surface area contributed by atoms with E-state index in [1.54, 1.807) is 25.1 Å². The molecule has 8 heteroatoms. The third kappa shape index (κ3) is 4.38. The standard InChI is InChI=1S/C14H16Cl2N4OS/c1-7(2)12-18-14(20-19-12)22-8(3)13(21)17-11-6-9(15)4-5-10(11)16/h4-8H,1-3H3,(H,17,21)(H,18,19,20). The summed E-state index contributed by atoms with van der Waals surface area (Å²) in [6, 6.07) is 4.92. The van der Waals surface area contributed by atoms with Gasteiger partial charge in [0.15, 0.2) is 0 Å². The van der Waals surface area contributed by atoms with E-state index >= 15 is 0 Å². The van der Waals surface area contributed by atoms with Crippen LogP contribution in [0.15, 0.2) is 23.4 Å². The van der Waals surface area contributed by atoms with Crippen molar-refractivity contribution in [3.05, 3.63) is 34.1 Å². The molecule has 1 amide bonds. The number of hydrogen-bond acceptors (Lipinski definition) is 4. The number of thioether (sulfide) groups is 1. The zero-order valence-electron chi connectivity index (χ0n) is 12.4. The Kier molecular flexibility index (Phi) is 5.72. The summed E-state index contributed by atoms with van der Waals surface area (Å²) in [5.41, 5.74) is 0.490. The number of hydrogen-bond donors (Lipinski definition) is 2. The van der Waals surface area contributed by atoms with Crippen molar-refractivity contribution in [2.75, 3.05) is 5.32 Å². The molecule has 1 aromatic heterocycles. The second-order valence-electron chi connectivity index (χ2n) is 5.03. The number of amides is 1. The van der Waals surface area contributed by atoms with Gasteiger partial charge in [0, 0.05) is 10.9 Å². The van der Waals surface area contributed by atoms with E-state index in [1.165, 1.54) is 11.8 Å². The highest BCUT2D eigenvalue weighted by molar-refractivity contribution is 8.00. The van der Waals surface area contributed by atoms with E-state index in [1.807, 2.05) is 13.8 Å². The van der Waals surface area contributed by atoms with Gasteiger partial charge >= 0.3 is 0 Å². The molecule has 0 bridgehead atoms. The monoisotopic (exact) mass is 358 g/mol. The van der Waals surface area contributed by atoms with Crippen LogP contribution in [0.3, 0.4) is 0 Å². The van der Waals surface area contributed by atoms with Crippen LogP contribution in [-0.4, -0.2) is 26.3 Å². The van der Waals surface area contributed by atoms with Crippen molar-refractivity contribution >= 4 is 46.6 Å². The van der Waals surface area contributed by atoms with E-state index in [0.29, 0.717) is 20.9 Å². The molecule has 2 rings (SSSR count). The van der Waals surface area contributed by atoms with Crippen molar-refractivity contribution in [2.45, 2.75) is 37.1 Å². The van der Waals surface area contributed by atoms with Crippen LogP contribution in [0.1, 0.15) is 32.5 Å². The lowest BCUT2D eigenvalue weighted by Gasteiger charge is -2.11. The summed E-state index contributed by atoms with van der Waals surface area (Å²) >= 11 is 13.2. The molecule has 1 atom stereocenters. The lowest BCUT2D eigenvalue weighted by Crippen LogP contribution is -2.22. The van der Waals surface area contributed by atoms with Gasteiger partial charge in [-0.15, -0.1) is 5.10 Å². The minimum Gasteiger partial charge on any atom is -0.324 e. The van der Waals surface area contributed by atoms with Gasteiger partial charge in [0.2, 0.25) is 11.1 Å². The number of anilines is 1. The van der Waals surface area contributed by atoms with Crippen LogP contribution < -0.4 is 5.32 Å². The summed E-state index contributed by atoms with van der Waals surface area (Å²) in [4.78, 5) is 16.6. The van der Waals surface area contributed by atoms with Gasteiger partial charge in [0.25, 0.3) is 0 Å². The number of H-pyrrole nitrogens is 1. The highest BCUT2D eigenvalue weighted by Crippen LogP contribution is 2.27. The number of carbonyl (C=O) groups is 1. The van der Waals surface area contributed by atoms with E-state index in [9.17, 15) is 4.79 Å². The number of aromatic amines is 1. The summed E-state index contributed by atoms with van der Waals surface area (Å²) < 4.78 is 0. The van der Waals surface area contributed by atoms with Crippen LogP contribution in [0.5, 0.6) is 0 Å². The number of halogens is 2. The Morgan fingerprint density at radius 1 is 1.32 bits per heavy atom. The van der Waals surface area contributed by atoms with Gasteiger partial charge in [0.1, 0.15) is 5.82 Å². The average Bonchev–Trinajstić information content (AvgIpc) is 2.91. The second-order valence-corrected chi connectivity index (χ2v) is 7.18. The predicted octanol–water partition coefficient (Wildman–Crippen LogP) is 4.35. The largest absolute Gasteiger partial charge is 0.324 e. The highest BCUT2D eigenvalue weighted by Gasteiger charge is 2.18. The zero-order chi connectivity index (χ0) is 16.3. The fourth-order valence-corrected chi connectivity index (χ4v) is 2.68. The molecule has 0 saturated carbocycles. The van der Waals surface area contributed by atoms with E-state index < -0.39 is 0 Å². The third-order valence-electron chi connectivity index (χ3n) is 2.87. The molecule has 0 aliphatic carbocycles. The number of nitrogens with one attached hydrogen (secondary N) is 2. The van der Waals surface area contributed by atoms with Crippen molar-refractivity contribution < 1.29 is 4.79 Å². The Hall–Kier alpha value is -1.24. The quantitative estimate of drug-likeness (QED) is 0.779. The Morgan fingerprint density at radius 3 is 2.68 bits per heavy atom. The summed E-state index contributed by atoms with van der Waals surface area (Å²) in [5, 5.41) is 10.8. The van der Waals surface area contributed by atoms with Gasteiger partial charge < -0.3 is 5.32 Å². The maximum absolute atomic E-state index is 12.2. The Balaban J connectivity index is 2.01. The molecule has 5 nitrogen and oxygen atoms in total. The molecule has 0 spiro atoms. The molecule has 2 aromatic rings. The van der Waals surface area contributed by atoms with Gasteiger partial charge in [-0.25, -0.2) is 4.98 Å². The van der Waals surface area contributed by atoms with Crippen LogP contribution in [0.4, 0.5) is 5.69 Å². The molecule has 22 heavy (non-hydrogen) atoms. The number of rotatable bonds is 5. The van der Waals surface area contributed by atoms with Crippen molar-refractivity contribution in [1.82, 2.24) is 15.2 Å². The topological polar surface area (TPSA) is 70.7 Å². The highest BCUT2D eigenvalue weighted by atomic mass is 35.5. The van der Waals surface area contributed by atoms with Gasteiger partial charge in [-0.1, -0.05) is 48.8 Å². The Bertz CT molecular complexity index is 675. The molecule has 0 aliphatic heterocycles. The summed E-state index contributed by atoms with van der Waals surface area (Å²) in [6.07, 6.45) is 0. The van der Waals surface area contributed by atoms with Crippen LogP contribution in [0.2, 0.25) is 10.0 Å². The van der Waals surface area contributed by atoms with Crippen molar-refractivity contribution in [3.63, 3.8) is 0 Å². The molecule has 0 fully saturated rings. The van der Waals surface area contributed by atoms with E-state index in [4.69, 9.17) is 23.2 Å². The first kappa shape index (κ1) is 17.1. The molecule has 1 aromatic carbocycles. The number of aromatic nitrogens is 3. The minimum atomic E-state index is -0.370. The smallest absolute Gasteiger partial charge is 0.237 e. The predicted molar refractivity (Wildman–Crippen MR) is 90.9 cm³/mol. The third-order valence-corrected chi connectivity index (χ3v) is 4.39. The Morgan fingerprint density at radius 2 is 2.05 bits per heavy atom. The van der Waals surface area contributed by atoms with Gasteiger partial charge in [-0.3, -0.25) is 9.89 Å². The SMILES string of the molecule is CC(Sc1n[nH]c(C(C)C)n1)C(=O)Nc1cc(Cl)ccc1Cl. The maximum atomic E-state index is 12.2. The van der Waals surface area contributed by atoms with E-state index in [2.05, 4.69) is 20.5 Å². The van der Waals surface area contributed by atoms with E-state index in [0.717, 1.165) is 5.82 Å². The first-order chi connectivity index (χ1) is 10.4. The molecule has 1 unspecified atom stereocenters. The molecular weight excluding hydrogens is 343 g/mol. The number of carbonyl (C=O) groups excluding carboxylic acids is 1. The molecule has 0 saturated heterocycles. The van der Waals surface area contributed by atoms with Gasteiger partial charge in [-0.05, 0) is 25.1 Å². The van der Waals surface area contributed by atoms with Crippen molar-refractivity contribution in [2.24, 2.45) is 0 Å². The van der Waals surface area contributed by atoms with Crippen LogP contribution in [0, 0.1) is 0 Å². The fourth-order valence-electron chi connectivity index (χ4n) is 1.61. The van der Waals surface area contributed by atoms with Crippen molar-refractivity contribution in [1.29, 1.82) is 0 Å². The minimum absolute atomic E-state index is 0.190. The maximum Gasteiger partial charge on any atom is 0.237 e. The molecule has 118 valence electrons. The average molecular weight is 359 g/mol. The lowest BCUT2D eigenvalue weighted by molar-refractivity contribution is -0.115. The van der Waals surface area contributed by atoms with Gasteiger partial charge in [0.05, 0.1) is 16.0 Å². The normalized spacial score (nSPS) is 12.5. The first-order valence-corrected chi connectivity index (χ1v) is 8.35. The lowest BCUT2D eigenvalue weighted by atomic mass is 10.2. The number of benzene rings is 1. The summed E-state index contributed by atoms with van der Waals surface area (Å²) in [7, 11) is 0. The van der Waals surface area contributed by atoms with E-state index in [-0.39, 0.29) is 17.1 Å². The van der Waals surface area contributed by atoms with Crippen LogP contribution in [0.25, 0.3) is 0 Å². The molecule has 1 heterocycles. The summed E-state index contributed by atoms with van der Waals surface area (Å²) in [6.45, 7) is 5.82. The Labute approximate surface area is 143 Å². The zero-order valence-corrected chi connectivity index (χ0v) is 14.7. The molecule has 0 aliphatic rings. The molecular formula is C14H16Cl2N4OS. The first-order valence-electron chi connectivity index (χ1n) is 6.71. The second kappa shape index (κ2) is 7.35. The van der Waals surface area contributed by atoms with Crippen molar-refractivity contribution in [3.8, 4) is 0 Å². The van der Waals surface area contributed by atoms with Gasteiger partial charge in [-0.2, -0.15) is 0 Å². The molecule has 2 N–H and O–H groups in total.